The summed E-state index contributed by atoms with van der Waals surface area (Å²) in [6.45, 7) is 4.08. The second-order valence-corrected chi connectivity index (χ2v) is 4.44. The summed E-state index contributed by atoms with van der Waals surface area (Å²) < 4.78 is 7.19. The van der Waals surface area contributed by atoms with Gasteiger partial charge in [0.25, 0.3) is 0 Å². The van der Waals surface area contributed by atoms with Crippen molar-refractivity contribution in [3.05, 3.63) is 35.0 Å². The summed E-state index contributed by atoms with van der Waals surface area (Å²) in [6.07, 6.45) is 0. The minimum atomic E-state index is -0.0546. The van der Waals surface area contributed by atoms with E-state index in [0.29, 0.717) is 5.69 Å². The van der Waals surface area contributed by atoms with Crippen LogP contribution in [0.4, 0.5) is 0 Å². The van der Waals surface area contributed by atoms with Gasteiger partial charge in [0.15, 0.2) is 0 Å². The molecule has 96 valence electrons. The van der Waals surface area contributed by atoms with E-state index in [2.05, 4.69) is 25.0 Å². The van der Waals surface area contributed by atoms with Gasteiger partial charge >= 0.3 is 0 Å². The van der Waals surface area contributed by atoms with E-state index in [0.717, 1.165) is 17.0 Å². The lowest BCUT2D eigenvalue weighted by Gasteiger charge is -2.11. The molecule has 4 heteroatoms. The number of aliphatic hydroxyl groups is 1. The van der Waals surface area contributed by atoms with Gasteiger partial charge in [-0.3, -0.25) is 4.68 Å². The van der Waals surface area contributed by atoms with Crippen LogP contribution in [0.1, 0.15) is 16.8 Å². The van der Waals surface area contributed by atoms with Crippen molar-refractivity contribution in [1.82, 2.24) is 9.78 Å². The van der Waals surface area contributed by atoms with Gasteiger partial charge in [0.2, 0.25) is 0 Å². The van der Waals surface area contributed by atoms with Gasteiger partial charge < -0.3 is 9.84 Å². The molecule has 0 saturated carbocycles. The van der Waals surface area contributed by atoms with Crippen molar-refractivity contribution in [2.75, 3.05) is 7.11 Å². The number of hydrogen-bond donors (Lipinski definition) is 1. The number of aryl methyl sites for hydroxylation is 3. The fourth-order valence-electron chi connectivity index (χ4n) is 2.01. The first kappa shape index (κ1) is 12.6. The lowest BCUT2D eigenvalue weighted by molar-refractivity contribution is 0.275. The number of rotatable bonds is 3. The van der Waals surface area contributed by atoms with Gasteiger partial charge in [-0.2, -0.15) is 5.10 Å². The second-order valence-electron chi connectivity index (χ2n) is 4.44. The van der Waals surface area contributed by atoms with Crippen LogP contribution in [-0.2, 0) is 13.7 Å². The van der Waals surface area contributed by atoms with Crippen LogP contribution in [0.2, 0.25) is 0 Å². The first-order valence-electron chi connectivity index (χ1n) is 5.86. The molecular weight excluding hydrogens is 228 g/mol. The summed E-state index contributed by atoms with van der Waals surface area (Å²) in [6, 6.07) is 6.00. The first-order valence-corrected chi connectivity index (χ1v) is 5.86. The van der Waals surface area contributed by atoms with E-state index in [4.69, 9.17) is 9.84 Å². The average Bonchev–Trinajstić information content (AvgIpc) is 2.73. The van der Waals surface area contributed by atoms with Gasteiger partial charge in [0.05, 0.1) is 25.1 Å². The van der Waals surface area contributed by atoms with Gasteiger partial charge in [-0.1, -0.05) is 0 Å². The van der Waals surface area contributed by atoms with Gasteiger partial charge in [-0.05, 0) is 43.2 Å². The Balaban J connectivity index is 2.61. The Labute approximate surface area is 107 Å². The Morgan fingerprint density at radius 1 is 1.22 bits per heavy atom. The Morgan fingerprint density at radius 2 is 1.89 bits per heavy atom. The van der Waals surface area contributed by atoms with Crippen molar-refractivity contribution in [2.24, 2.45) is 7.05 Å². The minimum absolute atomic E-state index is 0.0546. The Morgan fingerprint density at radius 3 is 2.44 bits per heavy atom. The van der Waals surface area contributed by atoms with Crippen molar-refractivity contribution in [3.63, 3.8) is 0 Å². The molecule has 0 aliphatic rings. The third kappa shape index (κ3) is 2.11. The fourth-order valence-corrected chi connectivity index (χ4v) is 2.01. The minimum Gasteiger partial charge on any atom is -0.496 e. The molecule has 0 saturated heterocycles. The highest BCUT2D eigenvalue weighted by molar-refractivity contribution is 5.69. The summed E-state index contributed by atoms with van der Waals surface area (Å²) in [5, 5.41) is 13.4. The molecule has 1 N–H and O–H groups in total. The first-order chi connectivity index (χ1) is 8.56. The van der Waals surface area contributed by atoms with E-state index in [9.17, 15) is 0 Å². The van der Waals surface area contributed by atoms with E-state index < -0.39 is 0 Å². The molecule has 0 unspecified atom stereocenters. The molecule has 2 aromatic rings. The van der Waals surface area contributed by atoms with Crippen molar-refractivity contribution in [2.45, 2.75) is 20.5 Å². The average molecular weight is 246 g/mol. The topological polar surface area (TPSA) is 47.3 Å². The zero-order valence-corrected chi connectivity index (χ0v) is 11.2. The zero-order valence-electron chi connectivity index (χ0n) is 11.2. The Kier molecular flexibility index (Phi) is 3.39. The maximum atomic E-state index is 9.14. The van der Waals surface area contributed by atoms with Crippen LogP contribution < -0.4 is 4.74 Å². The third-order valence-electron chi connectivity index (χ3n) is 3.18. The van der Waals surface area contributed by atoms with Crippen LogP contribution in [0, 0.1) is 13.8 Å². The molecule has 0 amide bonds. The second kappa shape index (κ2) is 4.82. The number of benzene rings is 1. The fraction of sp³-hybridized carbons (Fsp3) is 0.357. The molecule has 0 radical (unpaired) electrons. The summed E-state index contributed by atoms with van der Waals surface area (Å²) >= 11 is 0. The van der Waals surface area contributed by atoms with E-state index >= 15 is 0 Å². The highest BCUT2D eigenvalue weighted by Crippen LogP contribution is 2.32. The molecular formula is C14H18N2O2. The van der Waals surface area contributed by atoms with Crippen LogP contribution in [-0.4, -0.2) is 22.0 Å². The van der Waals surface area contributed by atoms with E-state index in [1.165, 1.54) is 11.1 Å². The van der Waals surface area contributed by atoms with Crippen molar-refractivity contribution < 1.29 is 9.84 Å². The summed E-state index contributed by atoms with van der Waals surface area (Å²) in [5.41, 5.74) is 5.00. The van der Waals surface area contributed by atoms with Gasteiger partial charge in [-0.25, -0.2) is 0 Å². The van der Waals surface area contributed by atoms with Crippen LogP contribution >= 0.6 is 0 Å². The number of hydrogen-bond acceptors (Lipinski definition) is 3. The quantitative estimate of drug-likeness (QED) is 0.903. The number of ether oxygens (including phenoxy) is 1. The predicted molar refractivity (Wildman–Crippen MR) is 70.6 cm³/mol. The van der Waals surface area contributed by atoms with E-state index in [-0.39, 0.29) is 6.61 Å². The van der Waals surface area contributed by atoms with Crippen molar-refractivity contribution in [3.8, 4) is 17.0 Å². The maximum absolute atomic E-state index is 9.14. The largest absolute Gasteiger partial charge is 0.496 e. The molecule has 2 rings (SSSR count). The molecule has 0 aliphatic heterocycles. The molecule has 0 fully saturated rings. The lowest BCUT2D eigenvalue weighted by atomic mass is 10.0. The van der Waals surface area contributed by atoms with Crippen molar-refractivity contribution >= 4 is 0 Å². The summed E-state index contributed by atoms with van der Waals surface area (Å²) in [4.78, 5) is 0. The van der Waals surface area contributed by atoms with Crippen LogP contribution in [0.3, 0.4) is 0 Å². The van der Waals surface area contributed by atoms with Crippen LogP contribution in [0.5, 0.6) is 5.75 Å². The molecule has 1 aromatic heterocycles. The van der Waals surface area contributed by atoms with Crippen molar-refractivity contribution in [1.29, 1.82) is 0 Å². The zero-order chi connectivity index (χ0) is 13.3. The molecule has 0 bridgehead atoms. The normalized spacial score (nSPS) is 10.7. The highest BCUT2D eigenvalue weighted by Gasteiger charge is 2.13. The monoisotopic (exact) mass is 246 g/mol. The smallest absolute Gasteiger partial charge is 0.128 e. The molecule has 0 aliphatic carbocycles. The molecule has 1 heterocycles. The van der Waals surface area contributed by atoms with Gasteiger partial charge in [0.1, 0.15) is 5.75 Å². The Bertz CT molecular complexity index is 573. The lowest BCUT2D eigenvalue weighted by Crippen LogP contribution is -1.98. The van der Waals surface area contributed by atoms with Crippen LogP contribution in [0.25, 0.3) is 11.3 Å². The number of nitrogens with zero attached hydrogens (tertiary/aromatic N) is 2. The summed E-state index contributed by atoms with van der Waals surface area (Å²) in [7, 11) is 3.53. The number of aliphatic hydroxyl groups excluding tert-OH is 1. The molecule has 0 spiro atoms. The molecule has 0 atom stereocenters. The number of aromatic nitrogens is 2. The SMILES string of the molecule is COc1cc(C)c(C)cc1-c1cc(CO)nn1C. The Hall–Kier alpha value is -1.81. The maximum Gasteiger partial charge on any atom is 0.128 e. The van der Waals surface area contributed by atoms with Crippen LogP contribution in [0.15, 0.2) is 18.2 Å². The van der Waals surface area contributed by atoms with Gasteiger partial charge in [-0.15, -0.1) is 0 Å². The highest BCUT2D eigenvalue weighted by atomic mass is 16.5. The predicted octanol–water partition coefficient (Wildman–Crippen LogP) is 2.20. The van der Waals surface area contributed by atoms with E-state index in [1.807, 2.05) is 19.2 Å². The third-order valence-corrected chi connectivity index (χ3v) is 3.18. The summed E-state index contributed by atoms with van der Waals surface area (Å²) in [5.74, 6) is 0.825. The molecule has 18 heavy (non-hydrogen) atoms. The van der Waals surface area contributed by atoms with Gasteiger partial charge in [0, 0.05) is 12.6 Å². The number of methoxy groups -OCH3 is 1. The van der Waals surface area contributed by atoms with E-state index in [1.54, 1.807) is 11.8 Å². The molecule has 4 nitrogen and oxygen atoms in total. The standard InChI is InChI=1S/C14H18N2O2/c1-9-5-12(14(18-4)6-10(9)2)13-7-11(8-17)15-16(13)3/h5-7,17H,8H2,1-4H3. The molecule has 1 aromatic carbocycles.